The SMILES string of the molecule is CN=Cc1cc(Br)cc(CN2CCCC2=O)c1N. The molecule has 0 aromatic heterocycles. The molecule has 0 atom stereocenters. The van der Waals surface area contributed by atoms with E-state index in [0.717, 1.165) is 28.6 Å². The van der Waals surface area contributed by atoms with Gasteiger partial charge in [-0.3, -0.25) is 9.79 Å². The van der Waals surface area contributed by atoms with Gasteiger partial charge in [0, 0.05) is 48.5 Å². The number of carbonyl (C=O) groups excluding carboxylic acids is 1. The van der Waals surface area contributed by atoms with Crippen molar-refractivity contribution in [2.45, 2.75) is 19.4 Å². The first-order valence-electron chi connectivity index (χ1n) is 5.89. The quantitative estimate of drug-likeness (QED) is 0.687. The molecule has 1 aromatic rings. The van der Waals surface area contributed by atoms with Gasteiger partial charge in [-0.15, -0.1) is 0 Å². The summed E-state index contributed by atoms with van der Waals surface area (Å²) in [6.45, 7) is 1.40. The number of nitrogens with two attached hydrogens (primary N) is 1. The number of hydrogen-bond donors (Lipinski definition) is 1. The molecule has 0 aliphatic carbocycles. The van der Waals surface area contributed by atoms with Crippen molar-refractivity contribution in [3.63, 3.8) is 0 Å². The minimum Gasteiger partial charge on any atom is -0.398 e. The molecule has 2 N–H and O–H groups in total. The van der Waals surface area contributed by atoms with Gasteiger partial charge >= 0.3 is 0 Å². The molecule has 0 unspecified atom stereocenters. The van der Waals surface area contributed by atoms with Crippen molar-refractivity contribution in [2.75, 3.05) is 19.3 Å². The van der Waals surface area contributed by atoms with E-state index < -0.39 is 0 Å². The number of rotatable bonds is 3. The summed E-state index contributed by atoms with van der Waals surface area (Å²) in [5.41, 5.74) is 8.66. The van der Waals surface area contributed by atoms with E-state index in [0.29, 0.717) is 18.7 Å². The molecular formula is C13H16BrN3O. The lowest BCUT2D eigenvalue weighted by molar-refractivity contribution is -0.128. The summed E-state index contributed by atoms with van der Waals surface area (Å²) in [4.78, 5) is 17.5. The van der Waals surface area contributed by atoms with Gasteiger partial charge in [-0.25, -0.2) is 0 Å². The Morgan fingerprint density at radius 3 is 2.94 bits per heavy atom. The highest BCUT2D eigenvalue weighted by Crippen LogP contribution is 2.25. The molecule has 5 heteroatoms. The lowest BCUT2D eigenvalue weighted by Crippen LogP contribution is -2.24. The normalized spacial score (nSPS) is 15.9. The fourth-order valence-electron chi connectivity index (χ4n) is 2.15. The summed E-state index contributed by atoms with van der Waals surface area (Å²) < 4.78 is 0.952. The van der Waals surface area contributed by atoms with E-state index in [1.54, 1.807) is 13.3 Å². The van der Waals surface area contributed by atoms with E-state index >= 15 is 0 Å². The van der Waals surface area contributed by atoms with Gasteiger partial charge < -0.3 is 10.6 Å². The second-order valence-electron chi connectivity index (χ2n) is 4.37. The summed E-state index contributed by atoms with van der Waals surface area (Å²) >= 11 is 3.46. The monoisotopic (exact) mass is 309 g/mol. The maximum Gasteiger partial charge on any atom is 0.222 e. The number of benzene rings is 1. The Morgan fingerprint density at radius 1 is 1.56 bits per heavy atom. The number of nitrogens with zero attached hydrogens (tertiary/aromatic N) is 2. The van der Waals surface area contributed by atoms with E-state index in [9.17, 15) is 4.79 Å². The molecule has 1 heterocycles. The van der Waals surface area contributed by atoms with Crippen molar-refractivity contribution in [1.82, 2.24) is 4.90 Å². The van der Waals surface area contributed by atoms with Crippen LogP contribution in [0.3, 0.4) is 0 Å². The number of nitrogen functional groups attached to an aromatic ring is 1. The highest BCUT2D eigenvalue weighted by Gasteiger charge is 2.21. The van der Waals surface area contributed by atoms with Crippen LogP contribution in [0.25, 0.3) is 0 Å². The Hall–Kier alpha value is -1.36. The van der Waals surface area contributed by atoms with Crippen LogP contribution >= 0.6 is 15.9 Å². The molecule has 0 spiro atoms. The minimum atomic E-state index is 0.208. The van der Waals surface area contributed by atoms with Gasteiger partial charge in [-0.2, -0.15) is 0 Å². The maximum atomic E-state index is 11.6. The molecule has 18 heavy (non-hydrogen) atoms. The zero-order valence-electron chi connectivity index (χ0n) is 10.3. The summed E-state index contributed by atoms with van der Waals surface area (Å²) in [5.74, 6) is 0.208. The lowest BCUT2D eigenvalue weighted by atomic mass is 10.1. The second kappa shape index (κ2) is 5.52. The fraction of sp³-hybridized carbons (Fsp3) is 0.385. The molecule has 1 fully saturated rings. The third-order valence-electron chi connectivity index (χ3n) is 3.06. The Kier molecular flexibility index (Phi) is 4.01. The van der Waals surface area contributed by atoms with Crippen molar-refractivity contribution < 1.29 is 4.79 Å². The smallest absolute Gasteiger partial charge is 0.222 e. The van der Waals surface area contributed by atoms with Gasteiger partial charge in [0.15, 0.2) is 0 Å². The van der Waals surface area contributed by atoms with Crippen LogP contribution in [0.4, 0.5) is 5.69 Å². The standard InChI is InChI=1S/C13H16BrN3O/c1-16-7-9-5-11(14)6-10(13(9)15)8-17-4-2-3-12(17)18/h5-7H,2-4,8,15H2,1H3. The van der Waals surface area contributed by atoms with E-state index in [1.807, 2.05) is 17.0 Å². The first-order chi connectivity index (χ1) is 8.61. The molecule has 1 amide bonds. The number of carbonyl (C=O) groups is 1. The third kappa shape index (κ3) is 2.72. The highest BCUT2D eigenvalue weighted by molar-refractivity contribution is 9.10. The van der Waals surface area contributed by atoms with E-state index in [4.69, 9.17) is 5.73 Å². The molecule has 96 valence electrons. The van der Waals surface area contributed by atoms with Crippen molar-refractivity contribution in [1.29, 1.82) is 0 Å². The molecule has 1 aliphatic heterocycles. The van der Waals surface area contributed by atoms with E-state index in [-0.39, 0.29) is 5.91 Å². The van der Waals surface area contributed by atoms with Crippen LogP contribution < -0.4 is 5.73 Å². The zero-order chi connectivity index (χ0) is 13.1. The van der Waals surface area contributed by atoms with Crippen LogP contribution in [-0.2, 0) is 11.3 Å². The van der Waals surface area contributed by atoms with Crippen LogP contribution in [0, 0.1) is 0 Å². The largest absolute Gasteiger partial charge is 0.398 e. The number of likely N-dealkylation sites (tertiary alicyclic amines) is 1. The van der Waals surface area contributed by atoms with Crippen molar-refractivity contribution in [3.05, 3.63) is 27.7 Å². The summed E-state index contributed by atoms with van der Waals surface area (Å²) in [6, 6.07) is 3.89. The van der Waals surface area contributed by atoms with Crippen LogP contribution in [0.5, 0.6) is 0 Å². The number of amides is 1. The molecular weight excluding hydrogens is 294 g/mol. The summed E-state index contributed by atoms with van der Waals surface area (Å²) in [7, 11) is 1.71. The predicted octanol–water partition coefficient (Wildman–Crippen LogP) is 2.20. The second-order valence-corrected chi connectivity index (χ2v) is 5.29. The molecule has 0 saturated carbocycles. The number of halogens is 1. The van der Waals surface area contributed by atoms with Gasteiger partial charge in [0.2, 0.25) is 5.91 Å². The Balaban J connectivity index is 2.29. The van der Waals surface area contributed by atoms with Crippen LogP contribution in [0.15, 0.2) is 21.6 Å². The fourth-order valence-corrected chi connectivity index (χ4v) is 2.67. The summed E-state index contributed by atoms with van der Waals surface area (Å²) in [5, 5.41) is 0. The van der Waals surface area contributed by atoms with Gasteiger partial charge in [0.25, 0.3) is 0 Å². The van der Waals surface area contributed by atoms with Crippen LogP contribution in [0.2, 0.25) is 0 Å². The van der Waals surface area contributed by atoms with Gasteiger partial charge in [-0.05, 0) is 24.1 Å². The number of anilines is 1. The topological polar surface area (TPSA) is 58.7 Å². The van der Waals surface area contributed by atoms with Crippen LogP contribution in [-0.4, -0.2) is 30.6 Å². The maximum absolute atomic E-state index is 11.6. The molecule has 2 rings (SSSR count). The Morgan fingerprint density at radius 2 is 2.33 bits per heavy atom. The first kappa shape index (κ1) is 13.1. The van der Waals surface area contributed by atoms with Gasteiger partial charge in [0.1, 0.15) is 0 Å². The highest BCUT2D eigenvalue weighted by atomic mass is 79.9. The average molecular weight is 310 g/mol. The summed E-state index contributed by atoms with van der Waals surface area (Å²) in [6.07, 6.45) is 3.32. The van der Waals surface area contributed by atoms with E-state index in [2.05, 4.69) is 20.9 Å². The predicted molar refractivity (Wildman–Crippen MR) is 76.7 cm³/mol. The molecule has 4 nitrogen and oxygen atoms in total. The molecule has 1 saturated heterocycles. The van der Waals surface area contributed by atoms with Crippen molar-refractivity contribution >= 4 is 33.7 Å². The minimum absolute atomic E-state index is 0.208. The van der Waals surface area contributed by atoms with Gasteiger partial charge in [-0.1, -0.05) is 15.9 Å². The molecule has 1 aliphatic rings. The third-order valence-corrected chi connectivity index (χ3v) is 3.52. The lowest BCUT2D eigenvalue weighted by Gasteiger charge is -2.18. The molecule has 1 aromatic carbocycles. The van der Waals surface area contributed by atoms with Crippen molar-refractivity contribution in [3.8, 4) is 0 Å². The molecule has 0 bridgehead atoms. The van der Waals surface area contributed by atoms with Gasteiger partial charge in [0.05, 0.1) is 0 Å². The van der Waals surface area contributed by atoms with E-state index in [1.165, 1.54) is 0 Å². The number of aliphatic imine (C=N–C) groups is 1. The zero-order valence-corrected chi connectivity index (χ0v) is 11.9. The molecule has 0 radical (unpaired) electrons. The first-order valence-corrected chi connectivity index (χ1v) is 6.69. The average Bonchev–Trinajstić information content (AvgIpc) is 2.71. The Bertz CT molecular complexity index is 499. The van der Waals surface area contributed by atoms with Crippen LogP contribution in [0.1, 0.15) is 24.0 Å². The van der Waals surface area contributed by atoms with Crippen molar-refractivity contribution in [2.24, 2.45) is 4.99 Å². The Labute approximate surface area is 115 Å². The number of hydrogen-bond acceptors (Lipinski definition) is 3.